The Kier molecular flexibility index (Phi) is 8.08. The Bertz CT molecular complexity index is 1190. The summed E-state index contributed by atoms with van der Waals surface area (Å²) in [7, 11) is 1.69. The fourth-order valence-corrected chi connectivity index (χ4v) is 5.90. The lowest BCUT2D eigenvalue weighted by Crippen LogP contribution is -2.37. The summed E-state index contributed by atoms with van der Waals surface area (Å²) >= 11 is 5.91. The van der Waals surface area contributed by atoms with E-state index in [1.54, 1.807) is 7.11 Å². The van der Waals surface area contributed by atoms with Gasteiger partial charge in [-0.15, -0.1) is 0 Å². The lowest BCUT2D eigenvalue weighted by Gasteiger charge is -2.28. The van der Waals surface area contributed by atoms with Gasteiger partial charge >= 0.3 is 0 Å². The number of aryl methyl sites for hydroxylation is 1. The summed E-state index contributed by atoms with van der Waals surface area (Å²) in [5, 5.41) is 4.35. The first-order valence-electron chi connectivity index (χ1n) is 13.1. The molecule has 0 radical (unpaired) electrons. The van der Waals surface area contributed by atoms with Gasteiger partial charge in [-0.25, -0.2) is 0 Å². The second kappa shape index (κ2) is 11.6. The number of ether oxygens (including phenoxy) is 2. The summed E-state index contributed by atoms with van der Waals surface area (Å²) in [5.41, 5.74) is 6.09. The molecule has 2 saturated heterocycles. The van der Waals surface area contributed by atoms with Crippen LogP contribution in [-0.2, 0) is 17.8 Å². The molecule has 2 unspecified atom stereocenters. The lowest BCUT2D eigenvalue weighted by atomic mass is 9.96. The fraction of sp³-hybridized carbons (Fsp3) is 0.448. The normalized spacial score (nSPS) is 20.3. The van der Waals surface area contributed by atoms with Gasteiger partial charge in [-0.3, -0.25) is 9.88 Å². The SMILES string of the molecule is COc1ccc(CN2C(=S)NC(c3ccccn3)C2c2cc(C)n(CCCN3CCOCC3)c2C)cc1. The Morgan fingerprint density at radius 2 is 1.86 bits per heavy atom. The highest BCUT2D eigenvalue weighted by molar-refractivity contribution is 7.80. The van der Waals surface area contributed by atoms with Crippen molar-refractivity contribution in [2.24, 2.45) is 0 Å². The van der Waals surface area contributed by atoms with Gasteiger partial charge in [-0.05, 0) is 73.9 Å². The molecule has 0 spiro atoms. The van der Waals surface area contributed by atoms with Crippen LogP contribution < -0.4 is 10.1 Å². The van der Waals surface area contributed by atoms with Crippen LogP contribution in [0.4, 0.5) is 0 Å². The molecule has 0 amide bonds. The maximum absolute atomic E-state index is 5.91. The number of hydrogen-bond acceptors (Lipinski definition) is 5. The molecule has 2 atom stereocenters. The zero-order valence-corrected chi connectivity index (χ0v) is 22.8. The largest absolute Gasteiger partial charge is 0.497 e. The van der Waals surface area contributed by atoms with Crippen molar-refractivity contribution in [3.8, 4) is 5.75 Å². The van der Waals surface area contributed by atoms with Gasteiger partial charge in [-0.2, -0.15) is 0 Å². The molecular formula is C29H37N5O2S. The topological polar surface area (TPSA) is 54.8 Å². The number of benzene rings is 1. The molecule has 1 aromatic carbocycles. The number of rotatable bonds is 9. The van der Waals surface area contributed by atoms with E-state index >= 15 is 0 Å². The van der Waals surface area contributed by atoms with Crippen molar-refractivity contribution in [2.75, 3.05) is 40.0 Å². The van der Waals surface area contributed by atoms with Crippen LogP contribution >= 0.6 is 12.2 Å². The van der Waals surface area contributed by atoms with Gasteiger partial charge in [0.1, 0.15) is 5.75 Å². The lowest BCUT2D eigenvalue weighted by molar-refractivity contribution is 0.0369. The summed E-state index contributed by atoms with van der Waals surface area (Å²) in [6.07, 6.45) is 2.98. The standard InChI is InChI=1S/C29H37N5O2S/c1-21-19-25(22(2)33(21)14-6-13-32-15-17-36-18-16-32)28-27(26-7-4-5-12-30-26)31-29(37)34(28)20-23-8-10-24(35-3)11-9-23/h4-5,7-12,19,27-28H,6,13-18,20H2,1-3H3,(H,31,37). The zero-order chi connectivity index (χ0) is 25.8. The molecule has 4 heterocycles. The molecule has 7 nitrogen and oxygen atoms in total. The molecule has 3 aromatic rings. The quantitative estimate of drug-likeness (QED) is 0.421. The Morgan fingerprint density at radius 3 is 2.57 bits per heavy atom. The molecule has 196 valence electrons. The first-order valence-corrected chi connectivity index (χ1v) is 13.5. The first-order chi connectivity index (χ1) is 18.0. The van der Waals surface area contributed by atoms with Gasteiger partial charge in [0.15, 0.2) is 5.11 Å². The molecule has 1 N–H and O–H groups in total. The second-order valence-electron chi connectivity index (χ2n) is 9.89. The van der Waals surface area contributed by atoms with Crippen molar-refractivity contribution >= 4 is 17.3 Å². The minimum Gasteiger partial charge on any atom is -0.497 e. The van der Waals surface area contributed by atoms with E-state index < -0.39 is 0 Å². The minimum absolute atomic E-state index is 0.0192. The molecule has 37 heavy (non-hydrogen) atoms. The van der Waals surface area contributed by atoms with E-state index in [-0.39, 0.29) is 12.1 Å². The predicted molar refractivity (Wildman–Crippen MR) is 150 cm³/mol. The Hall–Kier alpha value is -2.94. The molecule has 8 heteroatoms. The first kappa shape index (κ1) is 25.7. The van der Waals surface area contributed by atoms with Crippen molar-refractivity contribution in [1.29, 1.82) is 0 Å². The molecular weight excluding hydrogens is 482 g/mol. The molecule has 0 bridgehead atoms. The fourth-order valence-electron chi connectivity index (χ4n) is 5.59. The highest BCUT2D eigenvalue weighted by Crippen LogP contribution is 2.41. The van der Waals surface area contributed by atoms with Gasteiger partial charge in [0, 0.05) is 50.3 Å². The van der Waals surface area contributed by atoms with Gasteiger partial charge in [0.05, 0.1) is 38.1 Å². The van der Waals surface area contributed by atoms with E-state index in [4.69, 9.17) is 26.7 Å². The van der Waals surface area contributed by atoms with Crippen LogP contribution in [-0.4, -0.2) is 64.4 Å². The Morgan fingerprint density at radius 1 is 1.08 bits per heavy atom. The molecule has 2 aliphatic rings. The van der Waals surface area contributed by atoms with Crippen molar-refractivity contribution < 1.29 is 9.47 Å². The van der Waals surface area contributed by atoms with Crippen LogP contribution in [0.15, 0.2) is 54.7 Å². The van der Waals surface area contributed by atoms with Crippen molar-refractivity contribution in [1.82, 2.24) is 24.7 Å². The molecule has 0 saturated carbocycles. The van der Waals surface area contributed by atoms with Gasteiger partial charge in [-0.1, -0.05) is 18.2 Å². The maximum atomic E-state index is 5.91. The van der Waals surface area contributed by atoms with E-state index in [1.807, 2.05) is 30.5 Å². The summed E-state index contributed by atoms with van der Waals surface area (Å²) < 4.78 is 13.3. The van der Waals surface area contributed by atoms with Crippen LogP contribution in [0.3, 0.4) is 0 Å². The van der Waals surface area contributed by atoms with Gasteiger partial charge in [0.2, 0.25) is 0 Å². The highest BCUT2D eigenvalue weighted by atomic mass is 32.1. The molecule has 2 aliphatic heterocycles. The van der Waals surface area contributed by atoms with Crippen molar-refractivity contribution in [2.45, 2.75) is 45.4 Å². The van der Waals surface area contributed by atoms with E-state index in [1.165, 1.54) is 22.5 Å². The number of thiocarbonyl (C=S) groups is 1. The van der Waals surface area contributed by atoms with Crippen molar-refractivity contribution in [3.63, 3.8) is 0 Å². The van der Waals surface area contributed by atoms with Gasteiger partial charge in [0.25, 0.3) is 0 Å². The molecule has 2 fully saturated rings. The number of nitrogens with one attached hydrogen (secondary N) is 1. The third-order valence-electron chi connectivity index (χ3n) is 7.60. The number of morpholine rings is 1. The number of aromatic nitrogens is 2. The zero-order valence-electron chi connectivity index (χ0n) is 22.0. The molecule has 5 rings (SSSR count). The molecule has 2 aromatic heterocycles. The highest BCUT2D eigenvalue weighted by Gasteiger charge is 2.41. The third-order valence-corrected chi connectivity index (χ3v) is 7.95. The smallest absolute Gasteiger partial charge is 0.170 e. The minimum atomic E-state index is -0.0192. The van der Waals surface area contributed by atoms with Crippen LogP contribution in [0.2, 0.25) is 0 Å². The summed E-state index contributed by atoms with van der Waals surface area (Å²) in [5.74, 6) is 0.856. The summed E-state index contributed by atoms with van der Waals surface area (Å²) in [4.78, 5) is 9.53. The van der Waals surface area contributed by atoms with Gasteiger partial charge < -0.3 is 24.3 Å². The number of methoxy groups -OCH3 is 1. The van der Waals surface area contributed by atoms with Crippen LogP contribution in [0.1, 0.15) is 46.7 Å². The average molecular weight is 520 g/mol. The summed E-state index contributed by atoms with van der Waals surface area (Å²) in [6.45, 7) is 11.0. The van der Waals surface area contributed by atoms with Crippen molar-refractivity contribution in [3.05, 3.63) is 82.9 Å². The maximum Gasteiger partial charge on any atom is 0.170 e. The third kappa shape index (κ3) is 5.66. The van der Waals surface area contributed by atoms with E-state index in [0.29, 0.717) is 6.54 Å². The van der Waals surface area contributed by atoms with Crippen LogP contribution in [0.5, 0.6) is 5.75 Å². The summed E-state index contributed by atoms with van der Waals surface area (Å²) in [6, 6.07) is 16.7. The number of pyridine rings is 1. The van der Waals surface area contributed by atoms with Crippen LogP contribution in [0, 0.1) is 13.8 Å². The number of nitrogens with zero attached hydrogens (tertiary/aromatic N) is 4. The second-order valence-corrected chi connectivity index (χ2v) is 10.3. The predicted octanol–water partition coefficient (Wildman–Crippen LogP) is 4.40. The monoisotopic (exact) mass is 519 g/mol. The molecule has 0 aliphatic carbocycles. The Balaban J connectivity index is 1.42. The average Bonchev–Trinajstić information content (AvgIpc) is 3.40. The van der Waals surface area contributed by atoms with E-state index in [9.17, 15) is 0 Å². The number of hydrogen-bond donors (Lipinski definition) is 1. The Labute approximate surface area is 225 Å². The van der Waals surface area contributed by atoms with E-state index in [2.05, 4.69) is 57.8 Å². The van der Waals surface area contributed by atoms with Crippen LogP contribution in [0.25, 0.3) is 0 Å². The van der Waals surface area contributed by atoms with E-state index in [0.717, 1.165) is 62.4 Å².